The summed E-state index contributed by atoms with van der Waals surface area (Å²) in [7, 11) is 0. The van der Waals surface area contributed by atoms with E-state index in [9.17, 15) is 0 Å². The summed E-state index contributed by atoms with van der Waals surface area (Å²) in [4.78, 5) is 2.64. The van der Waals surface area contributed by atoms with Crippen LogP contribution < -0.4 is 5.32 Å². The first-order valence-electron chi connectivity index (χ1n) is 8.66. The zero-order valence-corrected chi connectivity index (χ0v) is 14.6. The van der Waals surface area contributed by atoms with Gasteiger partial charge in [-0.3, -0.25) is 4.90 Å². The van der Waals surface area contributed by atoms with Gasteiger partial charge in [0.2, 0.25) is 0 Å². The fraction of sp³-hybridized carbons (Fsp3) is 0.684. The lowest BCUT2D eigenvalue weighted by molar-refractivity contribution is 0.142. The van der Waals surface area contributed by atoms with Crippen LogP contribution in [0.2, 0.25) is 0 Å². The number of nitrogens with one attached hydrogen (secondary N) is 1. The van der Waals surface area contributed by atoms with Crippen molar-refractivity contribution >= 4 is 0 Å². The van der Waals surface area contributed by atoms with Crippen LogP contribution in [0.1, 0.15) is 59.1 Å². The Hall–Kier alpha value is -0.860. The molecule has 0 amide bonds. The topological polar surface area (TPSA) is 15.3 Å². The normalized spacial score (nSPS) is 14.6. The predicted molar refractivity (Wildman–Crippen MR) is 93.6 cm³/mol. The minimum absolute atomic E-state index is 0.426. The molecule has 0 bridgehead atoms. The van der Waals surface area contributed by atoms with Crippen molar-refractivity contribution in [3.05, 3.63) is 35.9 Å². The Morgan fingerprint density at radius 1 is 1.05 bits per heavy atom. The number of rotatable bonds is 10. The number of likely N-dealkylation sites (N-methyl/N-ethyl adjacent to an activating group) is 1. The van der Waals surface area contributed by atoms with Gasteiger partial charge in [0.25, 0.3) is 0 Å². The van der Waals surface area contributed by atoms with Gasteiger partial charge in [-0.05, 0) is 37.4 Å². The number of benzene rings is 1. The smallest absolute Gasteiger partial charge is 0.0478 e. The van der Waals surface area contributed by atoms with E-state index in [2.05, 4.69) is 75.2 Å². The van der Waals surface area contributed by atoms with Crippen LogP contribution in [0.4, 0.5) is 0 Å². The van der Waals surface area contributed by atoms with Gasteiger partial charge in [0.15, 0.2) is 0 Å². The minimum atomic E-state index is 0.426. The number of nitrogens with zero attached hydrogens (tertiary/aromatic N) is 1. The quantitative estimate of drug-likeness (QED) is 0.683. The first kappa shape index (κ1) is 18.2. The zero-order chi connectivity index (χ0) is 15.7. The molecule has 0 spiro atoms. The fourth-order valence-corrected chi connectivity index (χ4v) is 3.11. The SMILES string of the molecule is CCCNC(c1ccccc1)C(CC)N(CC)CC(C)C. The van der Waals surface area contributed by atoms with E-state index in [1.165, 1.54) is 24.9 Å². The number of hydrogen-bond donors (Lipinski definition) is 1. The summed E-state index contributed by atoms with van der Waals surface area (Å²) in [6.45, 7) is 14.8. The van der Waals surface area contributed by atoms with Gasteiger partial charge in [-0.2, -0.15) is 0 Å². The molecule has 0 saturated heterocycles. The van der Waals surface area contributed by atoms with Crippen molar-refractivity contribution in [3.63, 3.8) is 0 Å². The van der Waals surface area contributed by atoms with E-state index < -0.39 is 0 Å². The lowest BCUT2D eigenvalue weighted by atomic mass is 9.95. The molecular weight excluding hydrogens is 256 g/mol. The molecule has 0 aromatic heterocycles. The third kappa shape index (κ3) is 5.80. The molecule has 2 atom stereocenters. The summed E-state index contributed by atoms with van der Waals surface area (Å²) >= 11 is 0. The van der Waals surface area contributed by atoms with Crippen molar-refractivity contribution in [1.29, 1.82) is 0 Å². The maximum absolute atomic E-state index is 3.78. The molecule has 0 aliphatic rings. The van der Waals surface area contributed by atoms with Crippen LogP contribution in [0, 0.1) is 5.92 Å². The molecule has 120 valence electrons. The molecule has 0 fully saturated rings. The second-order valence-corrected chi connectivity index (χ2v) is 6.30. The predicted octanol–water partition coefficient (Wildman–Crippen LogP) is 4.48. The van der Waals surface area contributed by atoms with Crippen LogP contribution >= 0.6 is 0 Å². The molecule has 1 N–H and O–H groups in total. The molecule has 1 aromatic rings. The molecule has 0 heterocycles. The second kappa shape index (κ2) is 9.97. The first-order valence-corrected chi connectivity index (χ1v) is 8.66. The molecular formula is C19H34N2. The molecule has 2 nitrogen and oxygen atoms in total. The number of hydrogen-bond acceptors (Lipinski definition) is 2. The molecule has 0 aliphatic carbocycles. The Labute approximate surface area is 131 Å². The Balaban J connectivity index is 2.96. The van der Waals surface area contributed by atoms with Gasteiger partial charge >= 0.3 is 0 Å². The van der Waals surface area contributed by atoms with Crippen molar-refractivity contribution in [2.24, 2.45) is 5.92 Å². The van der Waals surface area contributed by atoms with Gasteiger partial charge in [-0.15, -0.1) is 0 Å². The van der Waals surface area contributed by atoms with E-state index in [1.54, 1.807) is 0 Å². The van der Waals surface area contributed by atoms with Gasteiger partial charge < -0.3 is 5.32 Å². The Kier molecular flexibility index (Phi) is 8.63. The van der Waals surface area contributed by atoms with Crippen molar-refractivity contribution in [2.45, 2.75) is 59.5 Å². The second-order valence-electron chi connectivity index (χ2n) is 6.30. The van der Waals surface area contributed by atoms with E-state index >= 15 is 0 Å². The molecule has 1 rings (SSSR count). The van der Waals surface area contributed by atoms with Crippen LogP contribution in [0.5, 0.6) is 0 Å². The summed E-state index contributed by atoms with van der Waals surface area (Å²) in [5.74, 6) is 0.710. The summed E-state index contributed by atoms with van der Waals surface area (Å²) in [5.41, 5.74) is 1.42. The molecule has 2 heteroatoms. The molecule has 2 unspecified atom stereocenters. The van der Waals surface area contributed by atoms with Crippen LogP contribution in [0.3, 0.4) is 0 Å². The van der Waals surface area contributed by atoms with Gasteiger partial charge in [-0.25, -0.2) is 0 Å². The summed E-state index contributed by atoms with van der Waals surface area (Å²) in [6.07, 6.45) is 2.35. The van der Waals surface area contributed by atoms with Crippen LogP contribution in [-0.2, 0) is 0 Å². The summed E-state index contributed by atoms with van der Waals surface area (Å²) in [6, 6.07) is 11.9. The van der Waals surface area contributed by atoms with Crippen molar-refractivity contribution in [2.75, 3.05) is 19.6 Å². The lowest BCUT2D eigenvalue weighted by Crippen LogP contribution is -2.46. The minimum Gasteiger partial charge on any atom is -0.309 e. The van der Waals surface area contributed by atoms with E-state index in [-0.39, 0.29) is 0 Å². The van der Waals surface area contributed by atoms with E-state index in [0.29, 0.717) is 18.0 Å². The van der Waals surface area contributed by atoms with E-state index in [1.807, 2.05) is 0 Å². The van der Waals surface area contributed by atoms with Crippen LogP contribution in [-0.4, -0.2) is 30.6 Å². The highest BCUT2D eigenvalue weighted by Gasteiger charge is 2.26. The van der Waals surface area contributed by atoms with E-state index in [4.69, 9.17) is 0 Å². The van der Waals surface area contributed by atoms with Crippen LogP contribution in [0.25, 0.3) is 0 Å². The van der Waals surface area contributed by atoms with Crippen molar-refractivity contribution in [3.8, 4) is 0 Å². The molecule has 0 radical (unpaired) electrons. The molecule has 0 aliphatic heterocycles. The maximum atomic E-state index is 3.78. The standard InChI is InChI=1S/C19H34N2/c1-6-14-20-19(17-12-10-9-11-13-17)18(7-2)21(8-3)15-16(4)5/h9-13,16,18-20H,6-8,14-15H2,1-5H3. The molecule has 21 heavy (non-hydrogen) atoms. The highest BCUT2D eigenvalue weighted by molar-refractivity contribution is 5.20. The van der Waals surface area contributed by atoms with E-state index in [0.717, 1.165) is 13.1 Å². The Morgan fingerprint density at radius 3 is 2.19 bits per heavy atom. The molecule has 0 saturated carbocycles. The third-order valence-electron chi connectivity index (χ3n) is 4.05. The fourth-order valence-electron chi connectivity index (χ4n) is 3.11. The Bertz CT molecular complexity index is 361. The average Bonchev–Trinajstić information content (AvgIpc) is 2.50. The monoisotopic (exact) mass is 290 g/mol. The molecule has 1 aromatic carbocycles. The van der Waals surface area contributed by atoms with Gasteiger partial charge in [0.05, 0.1) is 0 Å². The first-order chi connectivity index (χ1) is 10.1. The average molecular weight is 290 g/mol. The summed E-state index contributed by atoms with van der Waals surface area (Å²) < 4.78 is 0. The summed E-state index contributed by atoms with van der Waals surface area (Å²) in [5, 5.41) is 3.78. The lowest BCUT2D eigenvalue weighted by Gasteiger charge is -2.38. The van der Waals surface area contributed by atoms with Crippen LogP contribution in [0.15, 0.2) is 30.3 Å². The highest BCUT2D eigenvalue weighted by atomic mass is 15.2. The largest absolute Gasteiger partial charge is 0.309 e. The van der Waals surface area contributed by atoms with Gasteiger partial charge in [0.1, 0.15) is 0 Å². The zero-order valence-electron chi connectivity index (χ0n) is 14.6. The van der Waals surface area contributed by atoms with Gasteiger partial charge in [0, 0.05) is 18.6 Å². The third-order valence-corrected chi connectivity index (χ3v) is 4.05. The Morgan fingerprint density at radius 2 is 1.71 bits per heavy atom. The van der Waals surface area contributed by atoms with Crippen molar-refractivity contribution < 1.29 is 0 Å². The maximum Gasteiger partial charge on any atom is 0.0478 e. The highest BCUT2D eigenvalue weighted by Crippen LogP contribution is 2.24. The van der Waals surface area contributed by atoms with Gasteiger partial charge in [-0.1, -0.05) is 65.0 Å². The van der Waals surface area contributed by atoms with Crippen molar-refractivity contribution in [1.82, 2.24) is 10.2 Å².